The molecule has 12 heteroatoms. The van der Waals surface area contributed by atoms with Gasteiger partial charge in [0.2, 0.25) is 6.10 Å². The largest absolute Gasteiger partial charge is 0.573 e. The van der Waals surface area contributed by atoms with Crippen LogP contribution in [0.5, 0.6) is 5.75 Å². The van der Waals surface area contributed by atoms with Gasteiger partial charge in [-0.1, -0.05) is 42.5 Å². The number of esters is 2. The highest BCUT2D eigenvalue weighted by Crippen LogP contribution is 2.25. The molecule has 0 aliphatic rings. The Kier molecular flexibility index (Phi) is 11.1. The molecular weight excluding hydrogens is 550 g/mol. The van der Waals surface area contributed by atoms with E-state index in [9.17, 15) is 31.9 Å². The van der Waals surface area contributed by atoms with E-state index in [0.717, 1.165) is 17.0 Å². The van der Waals surface area contributed by atoms with E-state index in [2.05, 4.69) is 4.74 Å². The number of ether oxygens (including phenoxy) is 4. The van der Waals surface area contributed by atoms with E-state index < -0.39 is 60.0 Å². The van der Waals surface area contributed by atoms with Gasteiger partial charge in [-0.05, 0) is 57.9 Å². The van der Waals surface area contributed by atoms with Crippen molar-refractivity contribution in [3.8, 4) is 5.75 Å². The molecule has 0 saturated carbocycles. The summed E-state index contributed by atoms with van der Waals surface area (Å²) in [5.41, 5.74) is -1.85. The van der Waals surface area contributed by atoms with E-state index in [1.54, 1.807) is 51.1 Å². The molecule has 0 aliphatic heterocycles. The highest BCUT2D eigenvalue weighted by atomic mass is 19.4. The fourth-order valence-corrected chi connectivity index (χ4v) is 3.55. The number of rotatable bonds is 11. The molecule has 0 spiro atoms. The second-order valence-electron chi connectivity index (χ2n) is 10.9. The second kappa shape index (κ2) is 13.7. The number of alkyl halides is 4. The number of nitrogens with zero attached hydrogens (tertiary/aromatic N) is 1. The van der Waals surface area contributed by atoms with Gasteiger partial charge in [0.05, 0.1) is 0 Å². The molecule has 0 heterocycles. The second-order valence-corrected chi connectivity index (χ2v) is 10.9. The Morgan fingerprint density at radius 2 is 1.41 bits per heavy atom. The molecule has 0 aromatic heterocycles. The maximum absolute atomic E-state index is 14.7. The third kappa shape index (κ3) is 12.5. The van der Waals surface area contributed by atoms with E-state index in [-0.39, 0.29) is 13.0 Å². The summed E-state index contributed by atoms with van der Waals surface area (Å²) in [7, 11) is 1.24. The van der Waals surface area contributed by atoms with Crippen LogP contribution in [-0.4, -0.2) is 59.8 Å². The van der Waals surface area contributed by atoms with Crippen molar-refractivity contribution in [2.75, 3.05) is 7.05 Å². The molecule has 2 aromatic rings. The lowest BCUT2D eigenvalue weighted by atomic mass is 10.00. The van der Waals surface area contributed by atoms with Crippen molar-refractivity contribution in [1.82, 2.24) is 4.90 Å². The van der Waals surface area contributed by atoms with Crippen molar-refractivity contribution < 1.29 is 50.9 Å². The molecule has 1 amide bonds. The molecule has 0 N–H and O–H groups in total. The van der Waals surface area contributed by atoms with Crippen LogP contribution in [0.2, 0.25) is 0 Å². The van der Waals surface area contributed by atoms with Crippen molar-refractivity contribution in [2.45, 2.75) is 83.8 Å². The third-order valence-electron chi connectivity index (χ3n) is 5.42. The Balaban J connectivity index is 2.30. The summed E-state index contributed by atoms with van der Waals surface area (Å²) in [6.45, 7) is 7.14. The molecule has 0 radical (unpaired) electrons. The minimum atomic E-state index is -4.89. The lowest BCUT2D eigenvalue weighted by molar-refractivity contribution is -0.274. The van der Waals surface area contributed by atoms with Crippen molar-refractivity contribution in [1.29, 1.82) is 0 Å². The third-order valence-corrected chi connectivity index (χ3v) is 5.42. The number of halogens is 4. The van der Waals surface area contributed by atoms with Crippen LogP contribution in [0.4, 0.5) is 22.4 Å². The number of carbonyl (C=O) groups excluding carboxylic acids is 3. The predicted octanol–water partition coefficient (Wildman–Crippen LogP) is 6.16. The van der Waals surface area contributed by atoms with Gasteiger partial charge in [0.25, 0.3) is 0 Å². The monoisotopic (exact) mass is 585 g/mol. The van der Waals surface area contributed by atoms with Crippen LogP contribution < -0.4 is 4.74 Å². The zero-order valence-electron chi connectivity index (χ0n) is 23.8. The standard InChI is InChI=1S/C29H35F4NO7/c1-27(2,3)41-26(37)34(6)22(17-28(4,5)30)24(35)39-23(25(36)38-18-20-10-8-7-9-11-20)16-19-12-14-21(15-13-19)40-29(31,32)33/h7-15,22-23H,16-18H2,1-6H3/t22-,23?/m1/s1. The van der Waals surface area contributed by atoms with E-state index in [4.69, 9.17) is 14.2 Å². The minimum Gasteiger partial charge on any atom is -0.458 e. The van der Waals surface area contributed by atoms with Crippen LogP contribution in [0.25, 0.3) is 0 Å². The van der Waals surface area contributed by atoms with Gasteiger partial charge < -0.3 is 18.9 Å². The summed E-state index contributed by atoms with van der Waals surface area (Å²) in [6.07, 6.45) is -8.13. The van der Waals surface area contributed by atoms with Crippen LogP contribution in [0.15, 0.2) is 54.6 Å². The molecule has 0 bridgehead atoms. The molecule has 0 aliphatic carbocycles. The first-order valence-corrected chi connectivity index (χ1v) is 12.7. The lowest BCUT2D eigenvalue weighted by Crippen LogP contribution is -2.49. The topological polar surface area (TPSA) is 91.4 Å². The fourth-order valence-electron chi connectivity index (χ4n) is 3.55. The summed E-state index contributed by atoms with van der Waals surface area (Å²) >= 11 is 0. The zero-order valence-corrected chi connectivity index (χ0v) is 23.8. The number of benzene rings is 2. The van der Waals surface area contributed by atoms with Gasteiger partial charge >= 0.3 is 24.4 Å². The van der Waals surface area contributed by atoms with E-state index in [0.29, 0.717) is 11.1 Å². The Hall–Kier alpha value is -3.83. The fraction of sp³-hybridized carbons (Fsp3) is 0.483. The highest BCUT2D eigenvalue weighted by Gasteiger charge is 2.38. The summed E-state index contributed by atoms with van der Waals surface area (Å²) < 4.78 is 72.3. The Bertz CT molecular complexity index is 1160. The van der Waals surface area contributed by atoms with Crippen molar-refractivity contribution in [2.24, 2.45) is 0 Å². The normalized spacial score (nSPS) is 13.5. The molecule has 1 unspecified atom stereocenters. The smallest absolute Gasteiger partial charge is 0.458 e. The molecule has 2 atom stereocenters. The quantitative estimate of drug-likeness (QED) is 0.177. The van der Waals surface area contributed by atoms with Gasteiger partial charge in [-0.25, -0.2) is 18.8 Å². The van der Waals surface area contributed by atoms with Gasteiger partial charge in [-0.15, -0.1) is 13.2 Å². The predicted molar refractivity (Wildman–Crippen MR) is 141 cm³/mol. The molecule has 0 saturated heterocycles. The minimum absolute atomic E-state index is 0.148. The van der Waals surface area contributed by atoms with Crippen LogP contribution in [0.3, 0.4) is 0 Å². The number of amides is 1. The number of likely N-dealkylation sites (N-methyl/N-ethyl adjacent to an activating group) is 1. The van der Waals surface area contributed by atoms with E-state index >= 15 is 0 Å². The summed E-state index contributed by atoms with van der Waals surface area (Å²) in [6, 6.07) is 11.8. The van der Waals surface area contributed by atoms with Crippen LogP contribution in [0, 0.1) is 0 Å². The number of hydrogen-bond donors (Lipinski definition) is 0. The molecule has 2 aromatic carbocycles. The highest BCUT2D eigenvalue weighted by molar-refractivity contribution is 5.85. The van der Waals surface area contributed by atoms with Gasteiger partial charge in [0.15, 0.2) is 0 Å². The van der Waals surface area contributed by atoms with Crippen LogP contribution in [0.1, 0.15) is 52.2 Å². The first-order chi connectivity index (χ1) is 18.8. The maximum Gasteiger partial charge on any atom is 0.573 e. The molecule has 41 heavy (non-hydrogen) atoms. The molecule has 0 fully saturated rings. The first-order valence-electron chi connectivity index (χ1n) is 12.7. The zero-order chi connectivity index (χ0) is 31.0. The van der Waals surface area contributed by atoms with E-state index in [1.807, 2.05) is 0 Å². The van der Waals surface area contributed by atoms with Crippen molar-refractivity contribution in [3.63, 3.8) is 0 Å². The van der Waals surface area contributed by atoms with E-state index in [1.165, 1.54) is 33.0 Å². The first kappa shape index (κ1) is 33.4. The Labute approximate surface area is 236 Å². The maximum atomic E-state index is 14.7. The Morgan fingerprint density at radius 1 is 0.829 bits per heavy atom. The average molecular weight is 586 g/mol. The number of carbonyl (C=O) groups is 3. The lowest BCUT2D eigenvalue weighted by Gasteiger charge is -2.32. The van der Waals surface area contributed by atoms with Gasteiger partial charge in [-0.3, -0.25) is 4.90 Å². The number of hydrogen-bond acceptors (Lipinski definition) is 7. The van der Waals surface area contributed by atoms with Gasteiger partial charge in [-0.2, -0.15) is 0 Å². The molecular formula is C29H35F4NO7. The summed E-state index contributed by atoms with van der Waals surface area (Å²) in [5, 5.41) is 0. The van der Waals surface area contributed by atoms with Crippen LogP contribution >= 0.6 is 0 Å². The van der Waals surface area contributed by atoms with Crippen molar-refractivity contribution >= 4 is 18.0 Å². The average Bonchev–Trinajstić information content (AvgIpc) is 2.84. The molecule has 226 valence electrons. The van der Waals surface area contributed by atoms with Gasteiger partial charge in [0, 0.05) is 19.9 Å². The molecule has 8 nitrogen and oxygen atoms in total. The van der Waals surface area contributed by atoms with Crippen LogP contribution in [-0.2, 0) is 36.8 Å². The van der Waals surface area contributed by atoms with Crippen molar-refractivity contribution in [3.05, 3.63) is 65.7 Å². The summed E-state index contributed by atoms with van der Waals surface area (Å²) in [4.78, 5) is 40.0. The SMILES string of the molecule is CN(C(=O)OC(C)(C)C)[C@H](CC(C)(C)F)C(=O)OC(Cc1ccc(OC(F)(F)F)cc1)C(=O)OCc1ccccc1. The molecule has 2 rings (SSSR count). The summed E-state index contributed by atoms with van der Waals surface area (Å²) in [5.74, 6) is -2.52. The Morgan fingerprint density at radius 3 is 1.93 bits per heavy atom. The van der Waals surface area contributed by atoms with Gasteiger partial charge in [0.1, 0.15) is 29.7 Å².